The van der Waals surface area contributed by atoms with E-state index in [9.17, 15) is 18.0 Å². The van der Waals surface area contributed by atoms with Gasteiger partial charge in [0.05, 0.1) is 28.6 Å². The molecule has 0 aliphatic rings. The molecule has 11 heteroatoms. The predicted octanol–water partition coefficient (Wildman–Crippen LogP) is 5.66. The van der Waals surface area contributed by atoms with Gasteiger partial charge in [-0.3, -0.25) is 13.9 Å². The Morgan fingerprint density at radius 2 is 1.72 bits per heavy atom. The van der Waals surface area contributed by atoms with Crippen molar-refractivity contribution >= 4 is 50.7 Å². The Hall–Kier alpha value is -2.49. The molecule has 0 fully saturated rings. The highest BCUT2D eigenvalue weighted by Gasteiger charge is 2.31. The highest BCUT2D eigenvalue weighted by atomic mass is 35.5. The summed E-state index contributed by atoms with van der Waals surface area (Å²) in [5.41, 5.74) is 0.660. The molecule has 0 unspecified atom stereocenters. The van der Waals surface area contributed by atoms with Gasteiger partial charge in [0.1, 0.15) is 11.8 Å². The molecule has 0 heterocycles. The van der Waals surface area contributed by atoms with E-state index < -0.39 is 21.6 Å². The summed E-state index contributed by atoms with van der Waals surface area (Å²) >= 11 is 12.3. The minimum absolute atomic E-state index is 0.0312. The Balaban J connectivity index is 2.30. The first-order valence-corrected chi connectivity index (χ1v) is 15.5. The van der Waals surface area contributed by atoms with E-state index in [0.717, 1.165) is 11.8 Å². The van der Waals surface area contributed by atoms with E-state index >= 15 is 0 Å². The number of para-hydroxylation sites is 2. The number of hydrogen-bond acceptors (Lipinski definition) is 5. The van der Waals surface area contributed by atoms with E-state index in [1.54, 1.807) is 42.5 Å². The predicted molar refractivity (Wildman–Crippen MR) is 158 cm³/mol. The number of benzene rings is 2. The zero-order valence-electron chi connectivity index (χ0n) is 23.5. The minimum Gasteiger partial charge on any atom is -0.492 e. The maximum Gasteiger partial charge on any atom is 0.243 e. The summed E-state index contributed by atoms with van der Waals surface area (Å²) in [6, 6.07) is 11.3. The number of sulfonamides is 1. The standard InChI is InChI=1S/C28H39Cl2N3O5S/c1-7-23(27(35)31-28(3,4)5)32(19-20-15-16-21(29)22(30)18-20)26(34)14-11-17-33(39(6,36)37)24-12-9-10-13-25(24)38-8-2/h9-10,12-13,15-16,18,23H,7-8,11,14,17,19H2,1-6H3,(H,31,35)/t23-/m1/s1. The second kappa shape index (κ2) is 14.2. The molecule has 2 aromatic rings. The van der Waals surface area contributed by atoms with Crippen molar-refractivity contribution in [1.82, 2.24) is 10.2 Å². The van der Waals surface area contributed by atoms with Crippen LogP contribution in [0.2, 0.25) is 10.0 Å². The Bertz CT molecular complexity index is 1250. The number of nitrogens with zero attached hydrogens (tertiary/aromatic N) is 2. The number of amides is 2. The first-order chi connectivity index (χ1) is 18.2. The van der Waals surface area contributed by atoms with Gasteiger partial charge >= 0.3 is 0 Å². The number of halogens is 2. The molecule has 1 atom stereocenters. The number of ether oxygens (including phenoxy) is 1. The Morgan fingerprint density at radius 1 is 1.05 bits per heavy atom. The SMILES string of the molecule is CCOc1ccccc1N(CCCC(=O)N(Cc1ccc(Cl)c(Cl)c1)[C@H](CC)C(=O)NC(C)(C)C)S(C)(=O)=O. The van der Waals surface area contributed by atoms with Crippen LogP contribution in [0.3, 0.4) is 0 Å². The molecule has 39 heavy (non-hydrogen) atoms. The summed E-state index contributed by atoms with van der Waals surface area (Å²) in [7, 11) is -3.65. The van der Waals surface area contributed by atoms with Gasteiger partial charge in [0.25, 0.3) is 0 Å². The van der Waals surface area contributed by atoms with E-state index in [0.29, 0.717) is 34.5 Å². The van der Waals surface area contributed by atoms with Crippen molar-refractivity contribution in [3.63, 3.8) is 0 Å². The monoisotopic (exact) mass is 599 g/mol. The molecule has 216 valence electrons. The Labute approximate surface area is 242 Å². The van der Waals surface area contributed by atoms with Crippen LogP contribution >= 0.6 is 23.2 Å². The number of carbonyl (C=O) groups is 2. The molecule has 0 spiro atoms. The van der Waals surface area contributed by atoms with Crippen LogP contribution in [-0.2, 0) is 26.2 Å². The van der Waals surface area contributed by atoms with Crippen molar-refractivity contribution in [2.24, 2.45) is 0 Å². The van der Waals surface area contributed by atoms with Crippen LogP contribution in [-0.4, -0.2) is 56.1 Å². The van der Waals surface area contributed by atoms with E-state index in [2.05, 4.69) is 5.32 Å². The molecule has 0 aliphatic heterocycles. The van der Waals surface area contributed by atoms with Gasteiger partial charge in [-0.05, 0) is 70.4 Å². The van der Waals surface area contributed by atoms with Gasteiger partial charge in [-0.2, -0.15) is 0 Å². The van der Waals surface area contributed by atoms with Crippen LogP contribution in [0.1, 0.15) is 59.4 Å². The quantitative estimate of drug-likeness (QED) is 0.320. The minimum atomic E-state index is -3.65. The maximum atomic E-state index is 13.6. The summed E-state index contributed by atoms with van der Waals surface area (Å²) in [4.78, 5) is 28.3. The Morgan fingerprint density at radius 3 is 2.28 bits per heavy atom. The van der Waals surface area contributed by atoms with Crippen LogP contribution in [0.5, 0.6) is 5.75 Å². The fourth-order valence-electron chi connectivity index (χ4n) is 4.13. The highest BCUT2D eigenvalue weighted by molar-refractivity contribution is 7.92. The van der Waals surface area contributed by atoms with Crippen molar-refractivity contribution in [2.45, 2.75) is 72.0 Å². The third-order valence-corrected chi connectivity index (χ3v) is 7.73. The largest absolute Gasteiger partial charge is 0.492 e. The number of hydrogen-bond donors (Lipinski definition) is 1. The molecule has 0 aliphatic carbocycles. The third kappa shape index (κ3) is 9.89. The summed E-state index contributed by atoms with van der Waals surface area (Å²) < 4.78 is 32.2. The zero-order valence-corrected chi connectivity index (χ0v) is 25.8. The molecule has 0 bridgehead atoms. The lowest BCUT2D eigenvalue weighted by Crippen LogP contribution is -2.53. The van der Waals surface area contributed by atoms with Crippen molar-refractivity contribution in [2.75, 3.05) is 23.7 Å². The van der Waals surface area contributed by atoms with Crippen molar-refractivity contribution in [1.29, 1.82) is 0 Å². The molecule has 2 amide bonds. The maximum absolute atomic E-state index is 13.6. The lowest BCUT2D eigenvalue weighted by molar-refractivity contribution is -0.142. The van der Waals surface area contributed by atoms with E-state index in [1.807, 2.05) is 34.6 Å². The fraction of sp³-hybridized carbons (Fsp3) is 0.500. The lowest BCUT2D eigenvalue weighted by Gasteiger charge is -2.33. The molecular formula is C28H39Cl2N3O5S. The molecule has 2 rings (SSSR count). The number of carbonyl (C=O) groups excluding carboxylic acids is 2. The second-order valence-electron chi connectivity index (χ2n) is 10.3. The lowest BCUT2D eigenvalue weighted by atomic mass is 10.0. The third-order valence-electron chi connectivity index (χ3n) is 5.81. The first kappa shape index (κ1) is 32.7. The normalized spacial score (nSPS) is 12.5. The van der Waals surface area contributed by atoms with E-state index in [4.69, 9.17) is 27.9 Å². The second-order valence-corrected chi connectivity index (χ2v) is 13.0. The molecule has 2 aromatic carbocycles. The van der Waals surface area contributed by atoms with Gasteiger partial charge in [0, 0.05) is 25.0 Å². The molecular weight excluding hydrogens is 561 g/mol. The molecule has 0 aromatic heterocycles. The van der Waals surface area contributed by atoms with Crippen molar-refractivity contribution in [3.8, 4) is 5.75 Å². The van der Waals surface area contributed by atoms with Crippen LogP contribution in [0.25, 0.3) is 0 Å². The molecule has 8 nitrogen and oxygen atoms in total. The van der Waals surface area contributed by atoms with Gasteiger partial charge in [-0.15, -0.1) is 0 Å². The van der Waals surface area contributed by atoms with Crippen LogP contribution in [0.15, 0.2) is 42.5 Å². The summed E-state index contributed by atoms with van der Waals surface area (Å²) in [6.07, 6.45) is 1.79. The van der Waals surface area contributed by atoms with Gasteiger partial charge in [0.15, 0.2) is 0 Å². The average Bonchev–Trinajstić information content (AvgIpc) is 2.82. The smallest absolute Gasteiger partial charge is 0.243 e. The molecule has 0 radical (unpaired) electrons. The highest BCUT2D eigenvalue weighted by Crippen LogP contribution is 2.30. The van der Waals surface area contributed by atoms with Crippen LogP contribution in [0, 0.1) is 0 Å². The summed E-state index contributed by atoms with van der Waals surface area (Å²) in [5.74, 6) is -0.0896. The van der Waals surface area contributed by atoms with E-state index in [1.165, 1.54) is 9.21 Å². The molecule has 1 N–H and O–H groups in total. The zero-order chi connectivity index (χ0) is 29.4. The van der Waals surface area contributed by atoms with Gasteiger partial charge in [-0.1, -0.05) is 48.3 Å². The van der Waals surface area contributed by atoms with Crippen molar-refractivity contribution < 1.29 is 22.7 Å². The fourth-order valence-corrected chi connectivity index (χ4v) is 5.42. The van der Waals surface area contributed by atoms with Crippen LogP contribution in [0.4, 0.5) is 5.69 Å². The van der Waals surface area contributed by atoms with Gasteiger partial charge < -0.3 is 15.0 Å². The van der Waals surface area contributed by atoms with Crippen LogP contribution < -0.4 is 14.4 Å². The summed E-state index contributed by atoms with van der Waals surface area (Å²) in [6.45, 7) is 9.90. The van der Waals surface area contributed by atoms with Gasteiger partial charge in [0.2, 0.25) is 21.8 Å². The number of nitrogens with one attached hydrogen (secondary N) is 1. The van der Waals surface area contributed by atoms with E-state index in [-0.39, 0.29) is 37.7 Å². The topological polar surface area (TPSA) is 96.0 Å². The summed E-state index contributed by atoms with van der Waals surface area (Å²) in [5, 5.41) is 3.71. The number of anilines is 1. The first-order valence-electron chi connectivity index (χ1n) is 12.9. The van der Waals surface area contributed by atoms with Crippen molar-refractivity contribution in [3.05, 3.63) is 58.1 Å². The Kier molecular flexibility index (Phi) is 11.9. The average molecular weight is 601 g/mol. The molecule has 0 saturated carbocycles. The van der Waals surface area contributed by atoms with Gasteiger partial charge in [-0.25, -0.2) is 8.42 Å². The molecule has 0 saturated heterocycles. The number of rotatable bonds is 13.